The van der Waals surface area contributed by atoms with Crippen molar-refractivity contribution < 1.29 is 4.79 Å². The van der Waals surface area contributed by atoms with Gasteiger partial charge in [0.05, 0.1) is 0 Å². The predicted octanol–water partition coefficient (Wildman–Crippen LogP) is 2.32. The average molecular weight is 252 g/mol. The van der Waals surface area contributed by atoms with Crippen molar-refractivity contribution in [2.45, 2.75) is 52.4 Å². The van der Waals surface area contributed by atoms with E-state index in [1.165, 1.54) is 19.3 Å². The van der Waals surface area contributed by atoms with E-state index >= 15 is 0 Å². The third-order valence-electron chi connectivity index (χ3n) is 5.23. The van der Waals surface area contributed by atoms with Crippen molar-refractivity contribution >= 4 is 5.91 Å². The van der Waals surface area contributed by atoms with Gasteiger partial charge in [-0.2, -0.15) is 0 Å². The molecule has 2 aliphatic rings. The molecule has 2 N–H and O–H groups in total. The Morgan fingerprint density at radius 1 is 1.39 bits per heavy atom. The van der Waals surface area contributed by atoms with E-state index in [0.29, 0.717) is 11.8 Å². The minimum atomic E-state index is -0.0364. The molecule has 1 aliphatic carbocycles. The molecule has 1 saturated carbocycles. The molecule has 0 radical (unpaired) electrons. The van der Waals surface area contributed by atoms with Crippen LogP contribution in [-0.2, 0) is 4.79 Å². The van der Waals surface area contributed by atoms with Crippen LogP contribution in [0, 0.1) is 17.3 Å². The van der Waals surface area contributed by atoms with Gasteiger partial charge in [-0.15, -0.1) is 0 Å². The third kappa shape index (κ3) is 2.87. The molecule has 1 saturated heterocycles. The molecule has 3 heteroatoms. The van der Waals surface area contributed by atoms with E-state index in [1.54, 1.807) is 0 Å². The monoisotopic (exact) mass is 252 g/mol. The number of rotatable bonds is 4. The fraction of sp³-hybridized carbons (Fsp3) is 0.933. The van der Waals surface area contributed by atoms with Gasteiger partial charge in [0, 0.05) is 12.0 Å². The Balaban J connectivity index is 1.83. The highest BCUT2D eigenvalue weighted by atomic mass is 16.2. The highest BCUT2D eigenvalue weighted by Gasteiger charge is 2.39. The van der Waals surface area contributed by atoms with Crippen molar-refractivity contribution in [3.8, 4) is 0 Å². The SMILES string of the molecule is CCC1(C(=O)NCC2CNCCC2C)CCCC1. The summed E-state index contributed by atoms with van der Waals surface area (Å²) < 4.78 is 0. The molecular formula is C15H28N2O. The smallest absolute Gasteiger partial charge is 0.226 e. The van der Waals surface area contributed by atoms with E-state index in [4.69, 9.17) is 0 Å². The zero-order valence-corrected chi connectivity index (χ0v) is 11.9. The summed E-state index contributed by atoms with van der Waals surface area (Å²) in [6.45, 7) is 7.51. The summed E-state index contributed by atoms with van der Waals surface area (Å²) >= 11 is 0. The van der Waals surface area contributed by atoms with Gasteiger partial charge >= 0.3 is 0 Å². The van der Waals surface area contributed by atoms with Crippen molar-refractivity contribution in [2.24, 2.45) is 17.3 Å². The molecule has 2 fully saturated rings. The van der Waals surface area contributed by atoms with Gasteiger partial charge in [0.25, 0.3) is 0 Å². The molecule has 0 spiro atoms. The van der Waals surface area contributed by atoms with Crippen LogP contribution in [0.1, 0.15) is 52.4 Å². The molecular weight excluding hydrogens is 224 g/mol. The number of hydrogen-bond acceptors (Lipinski definition) is 2. The van der Waals surface area contributed by atoms with Crippen molar-refractivity contribution in [3.05, 3.63) is 0 Å². The van der Waals surface area contributed by atoms with E-state index in [0.717, 1.165) is 44.8 Å². The van der Waals surface area contributed by atoms with Gasteiger partial charge in [-0.3, -0.25) is 4.79 Å². The quantitative estimate of drug-likeness (QED) is 0.806. The van der Waals surface area contributed by atoms with Crippen molar-refractivity contribution in [1.29, 1.82) is 0 Å². The second-order valence-corrected chi connectivity index (χ2v) is 6.28. The summed E-state index contributed by atoms with van der Waals surface area (Å²) in [6.07, 6.45) is 6.86. The Bertz CT molecular complexity index is 284. The van der Waals surface area contributed by atoms with Crippen LogP contribution in [0.3, 0.4) is 0 Å². The molecule has 0 bridgehead atoms. The van der Waals surface area contributed by atoms with E-state index in [1.807, 2.05) is 0 Å². The minimum absolute atomic E-state index is 0.0364. The summed E-state index contributed by atoms with van der Waals surface area (Å²) in [7, 11) is 0. The minimum Gasteiger partial charge on any atom is -0.355 e. The van der Waals surface area contributed by atoms with Gasteiger partial charge in [0.15, 0.2) is 0 Å². The maximum absolute atomic E-state index is 12.4. The van der Waals surface area contributed by atoms with Gasteiger partial charge in [0.2, 0.25) is 5.91 Å². The molecule has 0 aromatic heterocycles. The standard InChI is InChI=1S/C15H28N2O/c1-3-15(7-4-5-8-15)14(18)17-11-13-10-16-9-6-12(13)2/h12-13,16H,3-11H2,1-2H3,(H,17,18). The van der Waals surface area contributed by atoms with E-state index in [-0.39, 0.29) is 5.41 Å². The second kappa shape index (κ2) is 6.05. The van der Waals surface area contributed by atoms with E-state index in [2.05, 4.69) is 24.5 Å². The number of carbonyl (C=O) groups excluding carboxylic acids is 1. The molecule has 2 atom stereocenters. The Morgan fingerprint density at radius 2 is 2.11 bits per heavy atom. The van der Waals surface area contributed by atoms with Gasteiger partial charge in [-0.25, -0.2) is 0 Å². The fourth-order valence-electron chi connectivity index (χ4n) is 3.53. The summed E-state index contributed by atoms with van der Waals surface area (Å²) in [4.78, 5) is 12.4. The summed E-state index contributed by atoms with van der Waals surface area (Å²) in [6, 6.07) is 0. The first-order valence-corrected chi connectivity index (χ1v) is 7.67. The van der Waals surface area contributed by atoms with Crippen LogP contribution < -0.4 is 10.6 Å². The highest BCUT2D eigenvalue weighted by Crippen LogP contribution is 2.41. The van der Waals surface area contributed by atoms with Crippen LogP contribution in [0.4, 0.5) is 0 Å². The van der Waals surface area contributed by atoms with Gasteiger partial charge in [-0.05, 0) is 50.6 Å². The maximum Gasteiger partial charge on any atom is 0.226 e. The molecule has 3 nitrogen and oxygen atoms in total. The zero-order chi connectivity index (χ0) is 13.0. The number of amides is 1. The molecule has 2 unspecified atom stereocenters. The number of hydrogen-bond donors (Lipinski definition) is 2. The largest absolute Gasteiger partial charge is 0.355 e. The van der Waals surface area contributed by atoms with Crippen molar-refractivity contribution in [1.82, 2.24) is 10.6 Å². The van der Waals surface area contributed by atoms with Crippen LogP contribution in [0.15, 0.2) is 0 Å². The van der Waals surface area contributed by atoms with Crippen LogP contribution in [0.2, 0.25) is 0 Å². The fourth-order valence-corrected chi connectivity index (χ4v) is 3.53. The van der Waals surface area contributed by atoms with Gasteiger partial charge in [0.1, 0.15) is 0 Å². The Hall–Kier alpha value is -0.570. The molecule has 1 amide bonds. The van der Waals surface area contributed by atoms with Crippen LogP contribution in [0.5, 0.6) is 0 Å². The molecule has 1 heterocycles. The molecule has 0 aromatic carbocycles. The molecule has 1 aliphatic heterocycles. The first-order valence-electron chi connectivity index (χ1n) is 7.67. The van der Waals surface area contributed by atoms with E-state index < -0.39 is 0 Å². The van der Waals surface area contributed by atoms with Gasteiger partial charge < -0.3 is 10.6 Å². The summed E-state index contributed by atoms with van der Waals surface area (Å²) in [5.41, 5.74) is -0.0364. The van der Waals surface area contributed by atoms with E-state index in [9.17, 15) is 4.79 Å². The number of nitrogens with one attached hydrogen (secondary N) is 2. The lowest BCUT2D eigenvalue weighted by Gasteiger charge is -2.32. The topological polar surface area (TPSA) is 41.1 Å². The average Bonchev–Trinajstić information content (AvgIpc) is 2.87. The lowest BCUT2D eigenvalue weighted by molar-refractivity contribution is -0.131. The first-order chi connectivity index (χ1) is 8.68. The van der Waals surface area contributed by atoms with Crippen LogP contribution in [0.25, 0.3) is 0 Å². The normalized spacial score (nSPS) is 31.2. The lowest BCUT2D eigenvalue weighted by atomic mass is 9.82. The first kappa shape index (κ1) is 13.9. The maximum atomic E-state index is 12.4. The lowest BCUT2D eigenvalue weighted by Crippen LogP contribution is -2.46. The van der Waals surface area contributed by atoms with Crippen molar-refractivity contribution in [3.63, 3.8) is 0 Å². The second-order valence-electron chi connectivity index (χ2n) is 6.28. The van der Waals surface area contributed by atoms with Crippen molar-refractivity contribution in [2.75, 3.05) is 19.6 Å². The van der Waals surface area contributed by atoms with Crippen LogP contribution >= 0.6 is 0 Å². The Kier molecular flexibility index (Phi) is 4.66. The Labute approximate surface area is 111 Å². The molecule has 104 valence electrons. The Morgan fingerprint density at radius 3 is 2.72 bits per heavy atom. The highest BCUT2D eigenvalue weighted by molar-refractivity contribution is 5.82. The third-order valence-corrected chi connectivity index (χ3v) is 5.23. The van der Waals surface area contributed by atoms with Crippen LogP contribution in [-0.4, -0.2) is 25.5 Å². The molecule has 0 aromatic rings. The zero-order valence-electron chi connectivity index (χ0n) is 11.9. The molecule has 2 rings (SSSR count). The number of piperidine rings is 1. The predicted molar refractivity (Wildman–Crippen MR) is 74.3 cm³/mol. The van der Waals surface area contributed by atoms with Gasteiger partial charge in [-0.1, -0.05) is 26.7 Å². The summed E-state index contributed by atoms with van der Waals surface area (Å²) in [5.74, 6) is 1.66. The summed E-state index contributed by atoms with van der Waals surface area (Å²) in [5, 5.41) is 6.67. The number of carbonyl (C=O) groups is 1. The molecule has 18 heavy (non-hydrogen) atoms.